The number of carbonyl (C=O) groups is 1. The minimum atomic E-state index is 0.214. The average molecular weight is 190 g/mol. The third-order valence-electron chi connectivity index (χ3n) is 2.87. The van der Waals surface area contributed by atoms with Gasteiger partial charge in [0.2, 0.25) is 6.79 Å². The molecule has 14 heavy (non-hydrogen) atoms. The highest BCUT2D eigenvalue weighted by molar-refractivity contribution is 6.02. The smallest absolute Gasteiger partial charge is 0.231 e. The summed E-state index contributed by atoms with van der Waals surface area (Å²) in [4.78, 5) is 11.6. The van der Waals surface area contributed by atoms with Gasteiger partial charge in [-0.1, -0.05) is 6.92 Å². The Morgan fingerprint density at radius 3 is 2.79 bits per heavy atom. The van der Waals surface area contributed by atoms with E-state index in [4.69, 9.17) is 9.47 Å². The molecule has 1 heterocycles. The van der Waals surface area contributed by atoms with Crippen molar-refractivity contribution in [3.8, 4) is 11.5 Å². The third kappa shape index (κ3) is 0.895. The van der Waals surface area contributed by atoms with Gasteiger partial charge >= 0.3 is 0 Å². The van der Waals surface area contributed by atoms with Crippen molar-refractivity contribution in [2.75, 3.05) is 6.79 Å². The fourth-order valence-electron chi connectivity index (χ4n) is 2.10. The first-order valence-electron chi connectivity index (χ1n) is 4.72. The van der Waals surface area contributed by atoms with Crippen LogP contribution in [-0.2, 0) is 0 Å². The van der Waals surface area contributed by atoms with Crippen molar-refractivity contribution in [3.63, 3.8) is 0 Å². The number of fused-ring (bicyclic) bond motifs is 2. The molecule has 2 aliphatic rings. The summed E-state index contributed by atoms with van der Waals surface area (Å²) in [6, 6.07) is 3.75. The van der Waals surface area contributed by atoms with Crippen LogP contribution in [0.15, 0.2) is 12.1 Å². The Labute approximate surface area is 81.6 Å². The molecule has 1 atom stereocenters. The van der Waals surface area contributed by atoms with Crippen molar-refractivity contribution in [1.29, 1.82) is 0 Å². The molecule has 0 N–H and O–H groups in total. The number of hydrogen-bond donors (Lipinski definition) is 0. The molecular weight excluding hydrogens is 180 g/mol. The van der Waals surface area contributed by atoms with Crippen LogP contribution in [0.5, 0.6) is 11.5 Å². The highest BCUT2D eigenvalue weighted by Gasteiger charge is 2.29. The molecule has 3 heteroatoms. The Morgan fingerprint density at radius 2 is 2.00 bits per heavy atom. The van der Waals surface area contributed by atoms with Gasteiger partial charge in [-0.2, -0.15) is 0 Å². The molecule has 3 rings (SSSR count). The molecular formula is C11H10O3. The fraction of sp³-hybridized carbons (Fsp3) is 0.364. The molecule has 0 saturated heterocycles. The molecule has 1 aliphatic heterocycles. The van der Waals surface area contributed by atoms with E-state index in [2.05, 4.69) is 6.92 Å². The van der Waals surface area contributed by atoms with Crippen molar-refractivity contribution in [2.45, 2.75) is 19.3 Å². The van der Waals surface area contributed by atoms with Crippen LogP contribution in [0.1, 0.15) is 35.2 Å². The Kier molecular flexibility index (Phi) is 1.40. The minimum Gasteiger partial charge on any atom is -0.454 e. The van der Waals surface area contributed by atoms with Gasteiger partial charge in [-0.15, -0.1) is 0 Å². The molecule has 0 bridgehead atoms. The summed E-state index contributed by atoms with van der Waals surface area (Å²) in [5.74, 6) is 1.99. The van der Waals surface area contributed by atoms with Crippen LogP contribution in [0.3, 0.4) is 0 Å². The van der Waals surface area contributed by atoms with Crippen LogP contribution in [0.2, 0.25) is 0 Å². The molecule has 3 nitrogen and oxygen atoms in total. The van der Waals surface area contributed by atoms with Crippen molar-refractivity contribution in [3.05, 3.63) is 23.3 Å². The molecule has 1 aromatic carbocycles. The van der Waals surface area contributed by atoms with E-state index < -0.39 is 0 Å². The molecule has 1 aliphatic carbocycles. The van der Waals surface area contributed by atoms with Crippen molar-refractivity contribution in [2.24, 2.45) is 0 Å². The van der Waals surface area contributed by atoms with Gasteiger partial charge in [0.05, 0.1) is 0 Å². The molecule has 0 saturated carbocycles. The summed E-state index contributed by atoms with van der Waals surface area (Å²) < 4.78 is 10.5. The first-order chi connectivity index (χ1) is 6.75. The maximum absolute atomic E-state index is 11.6. The minimum absolute atomic E-state index is 0.214. The SMILES string of the molecule is CC1CC(=O)c2cc3c(cc21)OCO3. The van der Waals surface area contributed by atoms with E-state index >= 15 is 0 Å². The van der Waals surface area contributed by atoms with E-state index in [9.17, 15) is 4.79 Å². The molecule has 0 fully saturated rings. The van der Waals surface area contributed by atoms with Crippen LogP contribution in [0.25, 0.3) is 0 Å². The highest BCUT2D eigenvalue weighted by atomic mass is 16.7. The molecule has 1 aromatic rings. The van der Waals surface area contributed by atoms with Crippen LogP contribution in [0.4, 0.5) is 0 Å². The lowest BCUT2D eigenvalue weighted by Crippen LogP contribution is -1.93. The van der Waals surface area contributed by atoms with Gasteiger partial charge in [0.15, 0.2) is 17.3 Å². The van der Waals surface area contributed by atoms with Crippen molar-refractivity contribution < 1.29 is 14.3 Å². The molecule has 0 amide bonds. The van der Waals surface area contributed by atoms with E-state index in [1.54, 1.807) is 0 Å². The zero-order chi connectivity index (χ0) is 9.71. The summed E-state index contributed by atoms with van der Waals surface area (Å²) in [7, 11) is 0. The number of ketones is 1. The number of ether oxygens (including phenoxy) is 2. The number of rotatable bonds is 0. The maximum Gasteiger partial charge on any atom is 0.231 e. The second-order valence-corrected chi connectivity index (χ2v) is 3.82. The largest absolute Gasteiger partial charge is 0.454 e. The normalized spacial score (nSPS) is 22.6. The Hall–Kier alpha value is -1.51. The number of Topliss-reactive ketones (excluding diaryl/α,β-unsaturated/α-hetero) is 1. The summed E-state index contributed by atoms with van der Waals surface area (Å²) >= 11 is 0. The number of benzene rings is 1. The van der Waals surface area contributed by atoms with E-state index in [1.165, 1.54) is 0 Å². The summed E-state index contributed by atoms with van der Waals surface area (Å²) in [6.07, 6.45) is 0.609. The molecule has 0 radical (unpaired) electrons. The Morgan fingerprint density at radius 1 is 1.29 bits per heavy atom. The average Bonchev–Trinajstić information content (AvgIpc) is 2.70. The number of carbonyl (C=O) groups excluding carboxylic acids is 1. The van der Waals surface area contributed by atoms with Gasteiger partial charge in [-0.05, 0) is 23.6 Å². The van der Waals surface area contributed by atoms with E-state index in [-0.39, 0.29) is 12.6 Å². The quantitative estimate of drug-likeness (QED) is 0.628. The first kappa shape index (κ1) is 7.85. The third-order valence-corrected chi connectivity index (χ3v) is 2.87. The Bertz CT molecular complexity index is 423. The van der Waals surface area contributed by atoms with Crippen molar-refractivity contribution in [1.82, 2.24) is 0 Å². The number of hydrogen-bond acceptors (Lipinski definition) is 3. The molecule has 0 aromatic heterocycles. The van der Waals surface area contributed by atoms with E-state index in [0.717, 1.165) is 16.9 Å². The lowest BCUT2D eigenvalue weighted by atomic mass is 10.0. The standard InChI is InChI=1S/C11H10O3/c1-6-2-9(12)8-4-11-10(3-7(6)8)13-5-14-11/h3-4,6H,2,5H2,1H3. The van der Waals surface area contributed by atoms with Crippen LogP contribution in [0, 0.1) is 0 Å². The highest BCUT2D eigenvalue weighted by Crippen LogP contribution is 2.41. The van der Waals surface area contributed by atoms with Crippen LogP contribution < -0.4 is 9.47 Å². The molecule has 72 valence electrons. The maximum atomic E-state index is 11.6. The van der Waals surface area contributed by atoms with Crippen molar-refractivity contribution >= 4 is 5.78 Å². The topological polar surface area (TPSA) is 35.5 Å². The van der Waals surface area contributed by atoms with Gasteiger partial charge in [-0.25, -0.2) is 0 Å². The first-order valence-corrected chi connectivity index (χ1v) is 4.72. The summed E-state index contributed by atoms with van der Waals surface area (Å²) in [5.41, 5.74) is 1.90. The lowest BCUT2D eigenvalue weighted by molar-refractivity contribution is 0.0989. The second kappa shape index (κ2) is 2.50. The van der Waals surface area contributed by atoms with Gasteiger partial charge in [-0.3, -0.25) is 4.79 Å². The van der Waals surface area contributed by atoms with Crippen LogP contribution in [-0.4, -0.2) is 12.6 Å². The monoisotopic (exact) mass is 190 g/mol. The zero-order valence-electron chi connectivity index (χ0n) is 7.87. The van der Waals surface area contributed by atoms with E-state index in [1.807, 2.05) is 12.1 Å². The predicted octanol–water partition coefficient (Wildman–Crippen LogP) is 2.11. The predicted molar refractivity (Wildman–Crippen MR) is 49.9 cm³/mol. The van der Waals surface area contributed by atoms with Gasteiger partial charge in [0.25, 0.3) is 0 Å². The zero-order valence-corrected chi connectivity index (χ0v) is 7.87. The Balaban J connectivity index is 2.22. The van der Waals surface area contributed by atoms with Gasteiger partial charge in [0.1, 0.15) is 0 Å². The second-order valence-electron chi connectivity index (χ2n) is 3.82. The molecule has 1 unspecified atom stereocenters. The van der Waals surface area contributed by atoms with Crippen LogP contribution >= 0.6 is 0 Å². The van der Waals surface area contributed by atoms with E-state index in [0.29, 0.717) is 18.1 Å². The summed E-state index contributed by atoms with van der Waals surface area (Å²) in [6.45, 7) is 2.33. The fourth-order valence-corrected chi connectivity index (χ4v) is 2.10. The lowest BCUT2D eigenvalue weighted by Gasteiger charge is -2.04. The van der Waals surface area contributed by atoms with Gasteiger partial charge in [0, 0.05) is 12.0 Å². The summed E-state index contributed by atoms with van der Waals surface area (Å²) in [5, 5.41) is 0. The molecule has 0 spiro atoms. The van der Waals surface area contributed by atoms with Gasteiger partial charge < -0.3 is 9.47 Å².